The van der Waals surface area contributed by atoms with Gasteiger partial charge in [0.05, 0.1) is 5.75 Å². The summed E-state index contributed by atoms with van der Waals surface area (Å²) in [7, 11) is 0. The third-order valence-corrected chi connectivity index (χ3v) is 2.70. The average Bonchev–Trinajstić information content (AvgIpc) is 2.25. The Kier molecular flexibility index (Phi) is 8.16. The van der Waals surface area contributed by atoms with E-state index in [2.05, 4.69) is 10.6 Å². The smallest absolute Gasteiger partial charge is 0.321 e. The molecule has 0 bridgehead atoms. The van der Waals surface area contributed by atoms with E-state index in [0.29, 0.717) is 6.54 Å². The number of hydrogen-bond acceptors (Lipinski definition) is 5. The predicted molar refractivity (Wildman–Crippen MR) is 64.8 cm³/mol. The number of imide groups is 1. The zero-order valence-corrected chi connectivity index (χ0v) is 10.4. The number of nitrogens with one attached hydrogen (secondary N) is 2. The molecule has 0 spiro atoms. The maximum Gasteiger partial charge on any atom is 0.321 e. The van der Waals surface area contributed by atoms with E-state index in [1.54, 1.807) is 0 Å². The van der Waals surface area contributed by atoms with Crippen LogP contribution in [0.2, 0.25) is 0 Å². The Morgan fingerprint density at radius 1 is 1.41 bits per heavy atom. The molecule has 3 amide bonds. The van der Waals surface area contributed by atoms with Gasteiger partial charge in [-0.3, -0.25) is 14.9 Å². The van der Waals surface area contributed by atoms with E-state index in [4.69, 9.17) is 10.8 Å². The molecule has 0 aliphatic carbocycles. The average molecular weight is 263 g/mol. The lowest BCUT2D eigenvalue weighted by molar-refractivity contribution is -0.138. The Hall–Kier alpha value is -1.28. The minimum absolute atomic E-state index is 0.000521. The van der Waals surface area contributed by atoms with Crippen LogP contribution in [0.1, 0.15) is 13.3 Å². The molecule has 0 unspecified atom stereocenters. The van der Waals surface area contributed by atoms with Crippen LogP contribution in [0.4, 0.5) is 4.79 Å². The molecule has 0 saturated heterocycles. The van der Waals surface area contributed by atoms with Crippen LogP contribution in [0.3, 0.4) is 0 Å². The number of urea groups is 1. The van der Waals surface area contributed by atoms with E-state index in [1.165, 1.54) is 0 Å². The number of carboxylic acids is 1. The van der Waals surface area contributed by atoms with E-state index in [-0.39, 0.29) is 11.5 Å². The van der Waals surface area contributed by atoms with E-state index in [1.807, 2.05) is 6.92 Å². The SMILES string of the molecule is CCCNC(=O)NC(=O)CSC[C@H](N)C(=O)O. The summed E-state index contributed by atoms with van der Waals surface area (Å²) in [6.07, 6.45) is 0.782. The summed E-state index contributed by atoms with van der Waals surface area (Å²) >= 11 is 1.07. The summed E-state index contributed by atoms with van der Waals surface area (Å²) < 4.78 is 0. The number of carboxylic acid groups (broad SMARTS) is 1. The van der Waals surface area contributed by atoms with Crippen molar-refractivity contribution in [1.29, 1.82) is 0 Å². The van der Waals surface area contributed by atoms with Gasteiger partial charge in [0.25, 0.3) is 0 Å². The molecule has 8 heteroatoms. The van der Waals surface area contributed by atoms with Crippen molar-refractivity contribution in [2.24, 2.45) is 5.73 Å². The standard InChI is InChI=1S/C9H17N3O4S/c1-2-3-11-9(16)12-7(13)5-17-4-6(10)8(14)15/h6H,2-5,10H2,1H3,(H,14,15)(H2,11,12,13,16)/t6-/m0/s1. The fraction of sp³-hybridized carbons (Fsp3) is 0.667. The molecule has 0 aliphatic rings. The lowest BCUT2D eigenvalue weighted by Crippen LogP contribution is -2.41. The fourth-order valence-electron chi connectivity index (χ4n) is 0.795. The van der Waals surface area contributed by atoms with Gasteiger partial charge in [-0.25, -0.2) is 4.79 Å². The zero-order valence-electron chi connectivity index (χ0n) is 9.56. The summed E-state index contributed by atoms with van der Waals surface area (Å²) in [5, 5.41) is 13.1. The molecule has 98 valence electrons. The van der Waals surface area contributed by atoms with Crippen LogP contribution >= 0.6 is 11.8 Å². The van der Waals surface area contributed by atoms with Gasteiger partial charge in [-0.05, 0) is 6.42 Å². The first kappa shape index (κ1) is 15.7. The third kappa shape index (κ3) is 8.52. The second kappa shape index (κ2) is 8.82. The molecule has 7 nitrogen and oxygen atoms in total. The van der Waals surface area contributed by atoms with Crippen LogP contribution < -0.4 is 16.4 Å². The van der Waals surface area contributed by atoms with Crippen molar-refractivity contribution in [3.63, 3.8) is 0 Å². The molecule has 0 radical (unpaired) electrons. The molecule has 0 heterocycles. The normalized spacial score (nSPS) is 11.6. The van der Waals surface area contributed by atoms with Crippen molar-refractivity contribution in [3.8, 4) is 0 Å². The van der Waals surface area contributed by atoms with Gasteiger partial charge in [0.15, 0.2) is 0 Å². The van der Waals surface area contributed by atoms with Gasteiger partial charge in [-0.2, -0.15) is 0 Å². The number of aliphatic carboxylic acids is 1. The largest absolute Gasteiger partial charge is 0.480 e. The molecule has 0 fully saturated rings. The third-order valence-electron chi connectivity index (χ3n) is 1.64. The Morgan fingerprint density at radius 2 is 2.06 bits per heavy atom. The number of carbonyl (C=O) groups is 3. The maximum atomic E-state index is 11.2. The highest BCUT2D eigenvalue weighted by atomic mass is 32.2. The van der Waals surface area contributed by atoms with Crippen LogP contribution in [0, 0.1) is 0 Å². The van der Waals surface area contributed by atoms with E-state index < -0.39 is 23.9 Å². The first-order valence-electron chi connectivity index (χ1n) is 5.11. The second-order valence-electron chi connectivity index (χ2n) is 3.26. The molecule has 0 aromatic heterocycles. The minimum Gasteiger partial charge on any atom is -0.480 e. The van der Waals surface area contributed by atoms with Crippen LogP contribution in [-0.2, 0) is 9.59 Å². The van der Waals surface area contributed by atoms with Gasteiger partial charge >= 0.3 is 12.0 Å². The summed E-state index contributed by atoms with van der Waals surface area (Å²) in [5.74, 6) is -1.46. The highest BCUT2D eigenvalue weighted by Gasteiger charge is 2.13. The molecule has 1 atom stereocenters. The van der Waals surface area contributed by atoms with Crippen molar-refractivity contribution in [1.82, 2.24) is 10.6 Å². The lowest BCUT2D eigenvalue weighted by Gasteiger charge is -2.07. The van der Waals surface area contributed by atoms with Crippen molar-refractivity contribution in [2.45, 2.75) is 19.4 Å². The Morgan fingerprint density at radius 3 is 2.59 bits per heavy atom. The number of thioether (sulfide) groups is 1. The molecule has 0 saturated carbocycles. The zero-order chi connectivity index (χ0) is 13.3. The molecule has 0 aliphatic heterocycles. The van der Waals surface area contributed by atoms with Crippen molar-refractivity contribution in [3.05, 3.63) is 0 Å². The van der Waals surface area contributed by atoms with Gasteiger partial charge in [-0.15, -0.1) is 11.8 Å². The van der Waals surface area contributed by atoms with E-state index >= 15 is 0 Å². The maximum absolute atomic E-state index is 11.2. The van der Waals surface area contributed by atoms with Crippen LogP contribution in [0.25, 0.3) is 0 Å². The monoisotopic (exact) mass is 263 g/mol. The number of amides is 3. The Balaban J connectivity index is 3.66. The van der Waals surface area contributed by atoms with Crippen molar-refractivity contribution < 1.29 is 19.5 Å². The Labute approximate surface area is 104 Å². The summed E-state index contributed by atoms with van der Waals surface area (Å²) in [6, 6.07) is -1.54. The quantitative estimate of drug-likeness (QED) is 0.485. The first-order chi connectivity index (χ1) is 7.97. The Bertz CT molecular complexity index is 285. The summed E-state index contributed by atoms with van der Waals surface area (Å²) in [4.78, 5) is 32.6. The molecular formula is C9H17N3O4S. The fourth-order valence-corrected chi connectivity index (χ4v) is 1.57. The molecular weight excluding hydrogens is 246 g/mol. The summed E-state index contributed by atoms with van der Waals surface area (Å²) in [5.41, 5.74) is 5.24. The summed E-state index contributed by atoms with van der Waals surface area (Å²) in [6.45, 7) is 2.39. The number of carbonyl (C=O) groups excluding carboxylic acids is 2. The van der Waals surface area contributed by atoms with E-state index in [0.717, 1.165) is 18.2 Å². The highest BCUT2D eigenvalue weighted by molar-refractivity contribution is 8.00. The lowest BCUT2D eigenvalue weighted by atomic mass is 10.4. The second-order valence-corrected chi connectivity index (χ2v) is 4.29. The van der Waals surface area contributed by atoms with E-state index in [9.17, 15) is 14.4 Å². The van der Waals surface area contributed by atoms with Gasteiger partial charge < -0.3 is 16.2 Å². The molecule has 0 aromatic carbocycles. The molecule has 0 aromatic rings. The number of hydrogen-bond donors (Lipinski definition) is 4. The minimum atomic E-state index is -1.11. The van der Waals surface area contributed by atoms with Crippen LogP contribution in [0.15, 0.2) is 0 Å². The topological polar surface area (TPSA) is 122 Å². The number of nitrogens with two attached hydrogens (primary N) is 1. The van der Waals surface area contributed by atoms with Crippen molar-refractivity contribution in [2.75, 3.05) is 18.1 Å². The van der Waals surface area contributed by atoms with Gasteiger partial charge in [-0.1, -0.05) is 6.92 Å². The van der Waals surface area contributed by atoms with Gasteiger partial charge in [0.1, 0.15) is 6.04 Å². The van der Waals surface area contributed by atoms with Gasteiger partial charge in [0, 0.05) is 12.3 Å². The van der Waals surface area contributed by atoms with Crippen LogP contribution in [-0.4, -0.2) is 47.1 Å². The highest BCUT2D eigenvalue weighted by Crippen LogP contribution is 2.01. The molecule has 17 heavy (non-hydrogen) atoms. The molecule has 5 N–H and O–H groups in total. The first-order valence-corrected chi connectivity index (χ1v) is 6.26. The van der Waals surface area contributed by atoms with Gasteiger partial charge in [0.2, 0.25) is 5.91 Å². The molecule has 0 rings (SSSR count). The van der Waals surface area contributed by atoms with Crippen LogP contribution in [0.5, 0.6) is 0 Å². The predicted octanol–water partition coefficient (Wildman–Crippen LogP) is -0.633. The number of rotatable bonds is 7. The van der Waals surface area contributed by atoms with Crippen molar-refractivity contribution >= 4 is 29.7 Å².